The third-order valence-corrected chi connectivity index (χ3v) is 3.47. The molecule has 1 aromatic carbocycles. The highest BCUT2D eigenvalue weighted by Crippen LogP contribution is 2.26. The summed E-state index contributed by atoms with van der Waals surface area (Å²) in [6.07, 6.45) is 3.11. The SMILES string of the molecule is CCc1cccc2c(NC(=O)NC3CC3)nn(C)c12. The topological polar surface area (TPSA) is 59.0 Å². The first-order valence-electron chi connectivity index (χ1n) is 6.71. The highest BCUT2D eigenvalue weighted by atomic mass is 16.2. The number of rotatable bonds is 3. The van der Waals surface area contributed by atoms with Crippen LogP contribution in [0.25, 0.3) is 10.9 Å². The van der Waals surface area contributed by atoms with E-state index in [2.05, 4.69) is 28.7 Å². The van der Waals surface area contributed by atoms with Gasteiger partial charge in [0.25, 0.3) is 0 Å². The van der Waals surface area contributed by atoms with Gasteiger partial charge >= 0.3 is 6.03 Å². The Morgan fingerprint density at radius 3 is 2.95 bits per heavy atom. The van der Waals surface area contributed by atoms with Crippen LogP contribution in [0.3, 0.4) is 0 Å². The number of aromatic nitrogens is 2. The van der Waals surface area contributed by atoms with E-state index in [1.165, 1.54) is 5.56 Å². The van der Waals surface area contributed by atoms with E-state index in [1.807, 2.05) is 23.9 Å². The van der Waals surface area contributed by atoms with Crippen LogP contribution in [0.15, 0.2) is 18.2 Å². The number of nitrogens with one attached hydrogen (secondary N) is 2. The smallest absolute Gasteiger partial charge is 0.320 e. The zero-order valence-corrected chi connectivity index (χ0v) is 11.2. The number of hydrogen-bond acceptors (Lipinski definition) is 2. The van der Waals surface area contributed by atoms with Crippen LogP contribution in [0.5, 0.6) is 0 Å². The van der Waals surface area contributed by atoms with Gasteiger partial charge in [-0.1, -0.05) is 19.1 Å². The molecule has 1 aromatic heterocycles. The van der Waals surface area contributed by atoms with E-state index < -0.39 is 0 Å². The molecule has 1 heterocycles. The Morgan fingerprint density at radius 1 is 1.47 bits per heavy atom. The van der Waals surface area contributed by atoms with Gasteiger partial charge in [0.15, 0.2) is 5.82 Å². The molecule has 0 aliphatic heterocycles. The van der Waals surface area contributed by atoms with Crippen molar-refractivity contribution in [3.05, 3.63) is 23.8 Å². The molecular weight excluding hydrogens is 240 g/mol. The van der Waals surface area contributed by atoms with Crippen LogP contribution in [-0.2, 0) is 13.5 Å². The molecule has 5 heteroatoms. The van der Waals surface area contributed by atoms with Gasteiger partial charge in [-0.25, -0.2) is 4.79 Å². The fraction of sp³-hybridized carbons (Fsp3) is 0.429. The number of amides is 2. The van der Waals surface area contributed by atoms with E-state index in [4.69, 9.17) is 0 Å². The van der Waals surface area contributed by atoms with Gasteiger partial charge in [0, 0.05) is 18.5 Å². The Morgan fingerprint density at radius 2 is 2.26 bits per heavy atom. The molecule has 0 unspecified atom stereocenters. The van der Waals surface area contributed by atoms with Crippen molar-refractivity contribution in [1.29, 1.82) is 0 Å². The van der Waals surface area contributed by atoms with Crippen LogP contribution >= 0.6 is 0 Å². The zero-order valence-electron chi connectivity index (χ0n) is 11.2. The van der Waals surface area contributed by atoms with Crippen LogP contribution in [0, 0.1) is 0 Å². The minimum Gasteiger partial charge on any atom is -0.335 e. The lowest BCUT2D eigenvalue weighted by molar-refractivity contribution is 0.251. The second kappa shape index (κ2) is 4.57. The number of urea groups is 1. The van der Waals surface area contributed by atoms with Crippen LogP contribution in [0.4, 0.5) is 10.6 Å². The number of nitrogens with zero attached hydrogens (tertiary/aromatic N) is 2. The van der Waals surface area contributed by atoms with Crippen molar-refractivity contribution in [3.8, 4) is 0 Å². The fourth-order valence-corrected chi connectivity index (χ4v) is 2.35. The van der Waals surface area contributed by atoms with E-state index in [-0.39, 0.29) is 6.03 Å². The summed E-state index contributed by atoms with van der Waals surface area (Å²) in [7, 11) is 1.91. The standard InChI is InChI=1S/C14H18N4O/c1-3-9-5-4-6-11-12(9)18(2)17-13(11)16-14(19)15-10-7-8-10/h4-6,10H,3,7-8H2,1-2H3,(H2,15,16,17,19). The maximum atomic E-state index is 11.8. The number of para-hydroxylation sites is 1. The second-order valence-corrected chi connectivity index (χ2v) is 5.01. The molecule has 0 bridgehead atoms. The number of carbonyl (C=O) groups excluding carboxylic acids is 1. The van der Waals surface area contributed by atoms with E-state index >= 15 is 0 Å². The van der Waals surface area contributed by atoms with Crippen LogP contribution < -0.4 is 10.6 Å². The molecule has 2 amide bonds. The van der Waals surface area contributed by atoms with Crippen molar-refractivity contribution in [2.75, 3.05) is 5.32 Å². The number of fused-ring (bicyclic) bond motifs is 1. The average molecular weight is 258 g/mol. The summed E-state index contributed by atoms with van der Waals surface area (Å²) in [5.41, 5.74) is 2.33. The summed E-state index contributed by atoms with van der Waals surface area (Å²) in [6.45, 7) is 2.12. The molecule has 100 valence electrons. The molecule has 1 saturated carbocycles. The van der Waals surface area contributed by atoms with E-state index in [9.17, 15) is 4.79 Å². The first-order chi connectivity index (χ1) is 9.19. The molecule has 0 radical (unpaired) electrons. The van der Waals surface area contributed by atoms with Crippen LogP contribution in [0.2, 0.25) is 0 Å². The molecule has 0 saturated heterocycles. The summed E-state index contributed by atoms with van der Waals surface area (Å²) < 4.78 is 1.83. The van der Waals surface area contributed by atoms with Gasteiger partial charge in [-0.15, -0.1) is 0 Å². The monoisotopic (exact) mass is 258 g/mol. The molecule has 1 aliphatic rings. The summed E-state index contributed by atoms with van der Waals surface area (Å²) in [5, 5.41) is 11.2. The maximum Gasteiger partial charge on any atom is 0.320 e. The summed E-state index contributed by atoms with van der Waals surface area (Å²) >= 11 is 0. The van der Waals surface area contributed by atoms with Crippen molar-refractivity contribution < 1.29 is 4.79 Å². The molecule has 2 aromatic rings. The van der Waals surface area contributed by atoms with Crippen molar-refractivity contribution in [3.63, 3.8) is 0 Å². The van der Waals surface area contributed by atoms with Gasteiger partial charge in [0.2, 0.25) is 0 Å². The molecule has 2 N–H and O–H groups in total. The lowest BCUT2D eigenvalue weighted by Gasteiger charge is -2.04. The molecule has 1 fully saturated rings. The molecular formula is C14H18N4O. The van der Waals surface area contributed by atoms with Crippen LogP contribution in [0.1, 0.15) is 25.3 Å². The van der Waals surface area contributed by atoms with Gasteiger partial charge in [0.1, 0.15) is 0 Å². The normalized spacial score (nSPS) is 14.6. The van der Waals surface area contributed by atoms with Gasteiger partial charge in [0.05, 0.1) is 5.52 Å². The molecule has 1 aliphatic carbocycles. The largest absolute Gasteiger partial charge is 0.335 e. The Kier molecular flexibility index (Phi) is 2.89. The van der Waals surface area contributed by atoms with Crippen molar-refractivity contribution in [1.82, 2.24) is 15.1 Å². The maximum absolute atomic E-state index is 11.8. The highest BCUT2D eigenvalue weighted by molar-refractivity contribution is 6.00. The van der Waals surface area contributed by atoms with E-state index in [0.717, 1.165) is 30.2 Å². The predicted octanol–water partition coefficient (Wildman–Crippen LogP) is 2.42. The quantitative estimate of drug-likeness (QED) is 0.888. The van der Waals surface area contributed by atoms with Gasteiger partial charge in [-0.3, -0.25) is 10.00 Å². The molecule has 0 spiro atoms. The van der Waals surface area contributed by atoms with Crippen molar-refractivity contribution in [2.24, 2.45) is 7.05 Å². The second-order valence-electron chi connectivity index (χ2n) is 5.01. The molecule has 19 heavy (non-hydrogen) atoms. The number of carbonyl (C=O) groups is 1. The molecule has 5 nitrogen and oxygen atoms in total. The fourth-order valence-electron chi connectivity index (χ4n) is 2.35. The lowest BCUT2D eigenvalue weighted by atomic mass is 10.1. The van der Waals surface area contributed by atoms with Crippen molar-refractivity contribution in [2.45, 2.75) is 32.2 Å². The third-order valence-electron chi connectivity index (χ3n) is 3.47. The zero-order chi connectivity index (χ0) is 13.4. The van der Waals surface area contributed by atoms with Gasteiger partial charge < -0.3 is 5.32 Å². The number of aryl methyl sites for hydroxylation is 2. The Balaban J connectivity index is 1.92. The summed E-state index contributed by atoms with van der Waals surface area (Å²) in [4.78, 5) is 11.8. The van der Waals surface area contributed by atoms with E-state index in [1.54, 1.807) is 0 Å². The Hall–Kier alpha value is -2.04. The number of anilines is 1. The first-order valence-corrected chi connectivity index (χ1v) is 6.71. The van der Waals surface area contributed by atoms with Crippen molar-refractivity contribution >= 4 is 22.8 Å². The third kappa shape index (κ3) is 2.28. The van der Waals surface area contributed by atoms with E-state index in [0.29, 0.717) is 11.9 Å². The van der Waals surface area contributed by atoms with Crippen LogP contribution in [-0.4, -0.2) is 21.9 Å². The first kappa shape index (κ1) is 12.0. The number of hydrogen-bond donors (Lipinski definition) is 2. The minimum absolute atomic E-state index is 0.163. The summed E-state index contributed by atoms with van der Waals surface area (Å²) in [6, 6.07) is 6.28. The predicted molar refractivity (Wildman–Crippen MR) is 75.3 cm³/mol. The minimum atomic E-state index is -0.163. The Bertz CT molecular complexity index is 628. The van der Waals surface area contributed by atoms with Gasteiger partial charge in [-0.2, -0.15) is 5.10 Å². The Labute approximate surface area is 112 Å². The lowest BCUT2D eigenvalue weighted by Crippen LogP contribution is -2.30. The average Bonchev–Trinajstić information content (AvgIpc) is 3.15. The summed E-state index contributed by atoms with van der Waals surface area (Å²) in [5.74, 6) is 0.631. The molecule has 3 rings (SSSR count). The highest BCUT2D eigenvalue weighted by Gasteiger charge is 2.24. The number of benzene rings is 1. The molecule has 0 atom stereocenters. The van der Waals surface area contributed by atoms with Gasteiger partial charge in [-0.05, 0) is 30.9 Å².